The zero-order valence-corrected chi connectivity index (χ0v) is 10.7. The minimum absolute atomic E-state index is 0.168. The van der Waals surface area contributed by atoms with Gasteiger partial charge in [0.15, 0.2) is 5.79 Å². The lowest BCUT2D eigenvalue weighted by Gasteiger charge is -2.39. The molecule has 1 aliphatic heterocycles. The van der Waals surface area contributed by atoms with Crippen molar-refractivity contribution in [3.63, 3.8) is 0 Å². The molecule has 0 bridgehead atoms. The van der Waals surface area contributed by atoms with Crippen LogP contribution < -0.4 is 0 Å². The van der Waals surface area contributed by atoms with Crippen molar-refractivity contribution < 1.29 is 14.6 Å². The molecule has 2 aliphatic rings. The van der Waals surface area contributed by atoms with Crippen LogP contribution >= 0.6 is 11.3 Å². The topological polar surface area (TPSA) is 51.6 Å². The van der Waals surface area contributed by atoms with Gasteiger partial charge in [0.1, 0.15) is 10.6 Å². The van der Waals surface area contributed by atoms with Crippen molar-refractivity contribution in [3.05, 3.63) is 16.6 Å². The maximum Gasteiger partial charge on any atom is 0.169 e. The van der Waals surface area contributed by atoms with E-state index in [-0.39, 0.29) is 6.10 Å². The van der Waals surface area contributed by atoms with Gasteiger partial charge in [-0.25, -0.2) is 4.98 Å². The Hall–Kier alpha value is -0.490. The number of aromatic nitrogens is 1. The summed E-state index contributed by atoms with van der Waals surface area (Å²) in [4.78, 5) is 4.23. The van der Waals surface area contributed by atoms with Gasteiger partial charge in [-0.3, -0.25) is 0 Å². The quantitative estimate of drug-likeness (QED) is 0.834. The Morgan fingerprint density at radius 3 is 2.71 bits per heavy atom. The zero-order chi connectivity index (χ0) is 11.9. The smallest absolute Gasteiger partial charge is 0.169 e. The Bertz CT molecular complexity index is 384. The molecule has 1 aliphatic carbocycles. The molecule has 1 atom stereocenters. The molecule has 2 heterocycles. The van der Waals surface area contributed by atoms with Gasteiger partial charge in [-0.05, 0) is 19.8 Å². The average Bonchev–Trinajstić information content (AvgIpc) is 2.94. The van der Waals surface area contributed by atoms with Crippen LogP contribution in [-0.4, -0.2) is 28.6 Å². The zero-order valence-electron chi connectivity index (χ0n) is 9.89. The standard InChI is InChI=1S/C12H17NO3S/c1-9-8-15-12(16-9)4-2-11(14,3-5-12)10-13-6-7-17-10/h6-7,9,14H,2-5,8H2,1H3. The number of ether oxygens (including phenoxy) is 2. The fourth-order valence-electron chi connectivity index (χ4n) is 2.68. The predicted octanol–water partition coefficient (Wildman–Crippen LogP) is 2.04. The first-order chi connectivity index (χ1) is 8.12. The molecule has 1 spiro atoms. The second-order valence-corrected chi connectivity index (χ2v) is 5.91. The minimum atomic E-state index is -0.780. The molecule has 1 aromatic heterocycles. The van der Waals surface area contributed by atoms with Crippen LogP contribution in [0.25, 0.3) is 0 Å². The van der Waals surface area contributed by atoms with Crippen LogP contribution in [0.15, 0.2) is 11.6 Å². The Morgan fingerprint density at radius 2 is 2.18 bits per heavy atom. The molecule has 0 aromatic carbocycles. The van der Waals surface area contributed by atoms with Gasteiger partial charge in [-0.15, -0.1) is 11.3 Å². The molecular weight excluding hydrogens is 238 g/mol. The summed E-state index contributed by atoms with van der Waals surface area (Å²) in [5.74, 6) is -0.442. The maximum absolute atomic E-state index is 10.6. The number of hydrogen-bond acceptors (Lipinski definition) is 5. The van der Waals surface area contributed by atoms with Crippen LogP contribution in [0.1, 0.15) is 37.6 Å². The fourth-order valence-corrected chi connectivity index (χ4v) is 3.47. The summed E-state index contributed by atoms with van der Waals surface area (Å²) in [7, 11) is 0. The number of aliphatic hydroxyl groups is 1. The molecule has 4 nitrogen and oxygen atoms in total. The van der Waals surface area contributed by atoms with Crippen molar-refractivity contribution in [2.75, 3.05) is 6.61 Å². The van der Waals surface area contributed by atoms with Crippen LogP contribution in [0.2, 0.25) is 0 Å². The third-order valence-electron chi connectivity index (χ3n) is 3.67. The van der Waals surface area contributed by atoms with Gasteiger partial charge < -0.3 is 14.6 Å². The molecule has 1 N–H and O–H groups in total. The highest BCUT2D eigenvalue weighted by molar-refractivity contribution is 7.09. The van der Waals surface area contributed by atoms with Crippen molar-refractivity contribution in [1.29, 1.82) is 0 Å². The van der Waals surface area contributed by atoms with E-state index in [1.165, 1.54) is 11.3 Å². The van der Waals surface area contributed by atoms with E-state index in [1.54, 1.807) is 6.20 Å². The van der Waals surface area contributed by atoms with Crippen LogP contribution in [0, 0.1) is 0 Å². The van der Waals surface area contributed by atoms with Gasteiger partial charge in [-0.2, -0.15) is 0 Å². The highest BCUT2D eigenvalue weighted by Gasteiger charge is 2.48. The Labute approximate surface area is 105 Å². The molecule has 0 radical (unpaired) electrons. The van der Waals surface area contributed by atoms with Crippen molar-refractivity contribution >= 4 is 11.3 Å². The molecule has 1 saturated carbocycles. The Kier molecular flexibility index (Phi) is 2.74. The Balaban J connectivity index is 1.72. The van der Waals surface area contributed by atoms with Gasteiger partial charge in [-0.1, -0.05) is 0 Å². The summed E-state index contributed by atoms with van der Waals surface area (Å²) in [5.41, 5.74) is -0.780. The minimum Gasteiger partial charge on any atom is -0.383 e. The van der Waals surface area contributed by atoms with Crippen LogP contribution in [0.3, 0.4) is 0 Å². The van der Waals surface area contributed by atoms with E-state index in [9.17, 15) is 5.11 Å². The molecule has 2 fully saturated rings. The van der Waals surface area contributed by atoms with Crippen LogP contribution in [0.4, 0.5) is 0 Å². The van der Waals surface area contributed by atoms with Crippen molar-refractivity contribution in [2.24, 2.45) is 0 Å². The van der Waals surface area contributed by atoms with E-state index >= 15 is 0 Å². The van der Waals surface area contributed by atoms with Gasteiger partial charge >= 0.3 is 0 Å². The number of nitrogens with zero attached hydrogens (tertiary/aromatic N) is 1. The average molecular weight is 255 g/mol. The summed E-state index contributed by atoms with van der Waals surface area (Å²) in [6, 6.07) is 0. The number of thiazole rings is 1. The van der Waals surface area contributed by atoms with Crippen LogP contribution in [0.5, 0.6) is 0 Å². The first-order valence-electron chi connectivity index (χ1n) is 6.06. The Morgan fingerprint density at radius 1 is 1.41 bits per heavy atom. The van der Waals surface area contributed by atoms with E-state index in [4.69, 9.17) is 9.47 Å². The monoisotopic (exact) mass is 255 g/mol. The van der Waals surface area contributed by atoms with Gasteiger partial charge in [0.05, 0.1) is 12.7 Å². The molecule has 1 aromatic rings. The molecule has 0 amide bonds. The third kappa shape index (κ3) is 2.01. The summed E-state index contributed by atoms with van der Waals surface area (Å²) < 4.78 is 11.6. The van der Waals surface area contributed by atoms with E-state index < -0.39 is 11.4 Å². The highest BCUT2D eigenvalue weighted by Crippen LogP contribution is 2.46. The summed E-state index contributed by atoms with van der Waals surface area (Å²) >= 11 is 1.52. The first kappa shape index (κ1) is 11.6. The van der Waals surface area contributed by atoms with E-state index in [2.05, 4.69) is 4.98 Å². The van der Waals surface area contributed by atoms with E-state index in [0.717, 1.165) is 17.8 Å². The maximum atomic E-state index is 10.6. The fraction of sp³-hybridized carbons (Fsp3) is 0.750. The summed E-state index contributed by atoms with van der Waals surface area (Å²) in [6.07, 6.45) is 4.72. The molecule has 17 heavy (non-hydrogen) atoms. The lowest BCUT2D eigenvalue weighted by atomic mass is 9.82. The number of hydrogen-bond donors (Lipinski definition) is 1. The molecule has 1 unspecified atom stereocenters. The lowest BCUT2D eigenvalue weighted by Crippen LogP contribution is -2.42. The van der Waals surface area contributed by atoms with Crippen LogP contribution in [-0.2, 0) is 15.1 Å². The summed E-state index contributed by atoms with van der Waals surface area (Å²) in [5, 5.41) is 13.3. The van der Waals surface area contributed by atoms with E-state index in [0.29, 0.717) is 19.4 Å². The second-order valence-electron chi connectivity index (χ2n) is 5.02. The highest BCUT2D eigenvalue weighted by atomic mass is 32.1. The number of rotatable bonds is 1. The van der Waals surface area contributed by atoms with Crippen molar-refractivity contribution in [2.45, 2.75) is 50.1 Å². The van der Waals surface area contributed by atoms with Crippen molar-refractivity contribution in [1.82, 2.24) is 4.98 Å². The van der Waals surface area contributed by atoms with Gasteiger partial charge in [0, 0.05) is 24.4 Å². The van der Waals surface area contributed by atoms with Crippen molar-refractivity contribution in [3.8, 4) is 0 Å². The molecule has 5 heteroatoms. The largest absolute Gasteiger partial charge is 0.383 e. The normalized spacial score (nSPS) is 42.1. The third-order valence-corrected chi connectivity index (χ3v) is 4.63. The summed E-state index contributed by atoms with van der Waals surface area (Å²) in [6.45, 7) is 2.69. The second kappa shape index (κ2) is 4.02. The predicted molar refractivity (Wildman–Crippen MR) is 63.7 cm³/mol. The van der Waals surface area contributed by atoms with Gasteiger partial charge in [0.2, 0.25) is 0 Å². The molecular formula is C12H17NO3S. The molecule has 1 saturated heterocycles. The van der Waals surface area contributed by atoms with E-state index in [1.807, 2.05) is 12.3 Å². The molecule has 94 valence electrons. The first-order valence-corrected chi connectivity index (χ1v) is 6.94. The molecule has 3 rings (SSSR count). The lowest BCUT2D eigenvalue weighted by molar-refractivity contribution is -0.211. The van der Waals surface area contributed by atoms with Gasteiger partial charge in [0.25, 0.3) is 0 Å². The SMILES string of the molecule is CC1COC2(CCC(O)(c3nccs3)CC2)O1.